The van der Waals surface area contributed by atoms with Crippen LogP contribution in [-0.2, 0) is 4.79 Å². The summed E-state index contributed by atoms with van der Waals surface area (Å²) in [5.74, 6) is 0.492. The molecule has 2 aromatic carbocycles. The number of amides is 1. The van der Waals surface area contributed by atoms with Crippen LogP contribution in [0.3, 0.4) is 0 Å². The maximum atomic E-state index is 12.1. The summed E-state index contributed by atoms with van der Waals surface area (Å²) < 4.78 is 5.20. The highest BCUT2D eigenvalue weighted by molar-refractivity contribution is 6.05. The molecule has 0 aliphatic carbocycles. The number of carbonyl (C=O) groups is 1. The van der Waals surface area contributed by atoms with Crippen LogP contribution in [0.1, 0.15) is 17.0 Å². The van der Waals surface area contributed by atoms with E-state index < -0.39 is 0 Å². The largest absolute Gasteiger partial charge is 0.508 e. The molecule has 0 spiro atoms. The van der Waals surface area contributed by atoms with Gasteiger partial charge in [0.15, 0.2) is 0 Å². The van der Waals surface area contributed by atoms with Gasteiger partial charge in [-0.05, 0) is 41.5 Å². The zero-order chi connectivity index (χ0) is 13.4. The lowest BCUT2D eigenvalue weighted by molar-refractivity contribution is -0.116. The Labute approximate surface area is 110 Å². The lowest BCUT2D eigenvalue weighted by Gasteiger charge is -2.10. The van der Waals surface area contributed by atoms with Crippen molar-refractivity contribution in [2.24, 2.45) is 0 Å². The molecule has 19 heavy (non-hydrogen) atoms. The number of phenols is 1. The van der Waals surface area contributed by atoms with Gasteiger partial charge in [-0.25, -0.2) is 0 Å². The Balaban J connectivity index is 2.08. The summed E-state index contributed by atoms with van der Waals surface area (Å²) in [5, 5.41) is 12.2. The van der Waals surface area contributed by atoms with E-state index in [0.29, 0.717) is 0 Å². The standard InChI is InChI=1S/C15H13NO3/c1-19-11-6-7-13-12(8-11)14(15(18)16-13)9-2-4-10(17)5-3-9/h2-8,14,17H,1H3,(H,16,18). The van der Waals surface area contributed by atoms with Crippen LogP contribution in [0.5, 0.6) is 11.5 Å². The quantitative estimate of drug-likeness (QED) is 0.866. The first kappa shape index (κ1) is 11.6. The number of anilines is 1. The highest BCUT2D eigenvalue weighted by Crippen LogP contribution is 2.39. The lowest BCUT2D eigenvalue weighted by Crippen LogP contribution is -2.12. The molecular formula is C15H13NO3. The van der Waals surface area contributed by atoms with Gasteiger partial charge in [-0.15, -0.1) is 0 Å². The van der Waals surface area contributed by atoms with Gasteiger partial charge in [0.1, 0.15) is 11.5 Å². The number of nitrogens with one attached hydrogen (secondary N) is 1. The average Bonchev–Trinajstić information content (AvgIpc) is 2.75. The number of rotatable bonds is 2. The van der Waals surface area contributed by atoms with E-state index in [2.05, 4.69) is 5.32 Å². The number of fused-ring (bicyclic) bond motifs is 1. The van der Waals surface area contributed by atoms with E-state index in [1.807, 2.05) is 18.2 Å². The van der Waals surface area contributed by atoms with Crippen molar-refractivity contribution >= 4 is 11.6 Å². The van der Waals surface area contributed by atoms with Crippen LogP contribution < -0.4 is 10.1 Å². The second-order valence-electron chi connectivity index (χ2n) is 4.47. The first-order chi connectivity index (χ1) is 9.19. The topological polar surface area (TPSA) is 58.6 Å². The number of aromatic hydroxyl groups is 1. The zero-order valence-corrected chi connectivity index (χ0v) is 10.4. The van der Waals surface area contributed by atoms with Gasteiger partial charge in [-0.1, -0.05) is 12.1 Å². The van der Waals surface area contributed by atoms with Gasteiger partial charge in [-0.2, -0.15) is 0 Å². The van der Waals surface area contributed by atoms with E-state index in [4.69, 9.17) is 4.74 Å². The normalized spacial score (nSPS) is 16.9. The van der Waals surface area contributed by atoms with Gasteiger partial charge in [0.2, 0.25) is 5.91 Å². The van der Waals surface area contributed by atoms with Crippen molar-refractivity contribution < 1.29 is 14.6 Å². The third kappa shape index (κ3) is 1.91. The molecule has 1 aliphatic heterocycles. The summed E-state index contributed by atoms with van der Waals surface area (Å²) in [5.41, 5.74) is 2.56. The van der Waals surface area contributed by atoms with Gasteiger partial charge in [0.05, 0.1) is 13.0 Å². The van der Waals surface area contributed by atoms with Gasteiger partial charge in [0, 0.05) is 5.69 Å². The molecule has 96 valence electrons. The first-order valence-corrected chi connectivity index (χ1v) is 5.97. The number of hydrogen-bond donors (Lipinski definition) is 2. The number of ether oxygens (including phenoxy) is 1. The highest BCUT2D eigenvalue weighted by Gasteiger charge is 2.32. The molecule has 0 saturated heterocycles. The predicted molar refractivity (Wildman–Crippen MR) is 71.6 cm³/mol. The summed E-state index contributed by atoms with van der Waals surface area (Å²) in [6, 6.07) is 12.2. The molecule has 1 atom stereocenters. The summed E-state index contributed by atoms with van der Waals surface area (Å²) in [6.07, 6.45) is 0. The van der Waals surface area contributed by atoms with Crippen molar-refractivity contribution in [3.05, 3.63) is 53.6 Å². The summed E-state index contributed by atoms with van der Waals surface area (Å²) >= 11 is 0. The first-order valence-electron chi connectivity index (χ1n) is 5.97. The fourth-order valence-electron chi connectivity index (χ4n) is 2.36. The molecule has 2 aromatic rings. The molecule has 2 N–H and O–H groups in total. The van der Waals surface area contributed by atoms with Crippen molar-refractivity contribution in [3.8, 4) is 11.5 Å². The summed E-state index contributed by atoms with van der Waals surface area (Å²) in [4.78, 5) is 12.1. The maximum Gasteiger partial charge on any atom is 0.236 e. The molecule has 1 amide bonds. The van der Waals surface area contributed by atoms with Crippen molar-refractivity contribution in [3.63, 3.8) is 0 Å². The Morgan fingerprint density at radius 2 is 1.89 bits per heavy atom. The minimum absolute atomic E-state index is 0.0612. The van der Waals surface area contributed by atoms with Crippen LogP contribution in [0, 0.1) is 0 Å². The predicted octanol–water partition coefficient (Wildman–Crippen LogP) is 2.48. The Bertz CT molecular complexity index is 634. The second-order valence-corrected chi connectivity index (χ2v) is 4.47. The number of phenolic OH excluding ortho intramolecular Hbond substituents is 1. The van der Waals surface area contributed by atoms with E-state index in [1.165, 1.54) is 0 Å². The van der Waals surface area contributed by atoms with Gasteiger partial charge in [0.25, 0.3) is 0 Å². The molecule has 0 bridgehead atoms. The van der Waals surface area contributed by atoms with E-state index in [9.17, 15) is 9.90 Å². The van der Waals surface area contributed by atoms with Crippen LogP contribution in [0.2, 0.25) is 0 Å². The maximum absolute atomic E-state index is 12.1. The number of carbonyl (C=O) groups excluding carboxylic acids is 1. The minimum atomic E-state index is -0.356. The Morgan fingerprint density at radius 3 is 2.58 bits per heavy atom. The monoisotopic (exact) mass is 255 g/mol. The minimum Gasteiger partial charge on any atom is -0.508 e. The average molecular weight is 255 g/mol. The molecule has 4 nitrogen and oxygen atoms in total. The Morgan fingerprint density at radius 1 is 1.16 bits per heavy atom. The third-order valence-electron chi connectivity index (χ3n) is 3.32. The van der Waals surface area contributed by atoms with Crippen LogP contribution in [0.15, 0.2) is 42.5 Å². The molecular weight excluding hydrogens is 242 g/mol. The van der Waals surface area contributed by atoms with Gasteiger partial charge >= 0.3 is 0 Å². The van der Waals surface area contributed by atoms with Crippen molar-refractivity contribution in [2.45, 2.75) is 5.92 Å². The lowest BCUT2D eigenvalue weighted by atomic mass is 9.92. The van der Waals surface area contributed by atoms with Crippen LogP contribution >= 0.6 is 0 Å². The molecule has 1 heterocycles. The smallest absolute Gasteiger partial charge is 0.236 e. The zero-order valence-electron chi connectivity index (χ0n) is 10.4. The second kappa shape index (κ2) is 4.31. The molecule has 0 radical (unpaired) electrons. The van der Waals surface area contributed by atoms with Crippen molar-refractivity contribution in [1.82, 2.24) is 0 Å². The molecule has 4 heteroatoms. The Kier molecular flexibility index (Phi) is 2.63. The van der Waals surface area contributed by atoms with E-state index in [-0.39, 0.29) is 17.6 Å². The number of benzene rings is 2. The van der Waals surface area contributed by atoms with Crippen LogP contribution in [-0.4, -0.2) is 18.1 Å². The van der Waals surface area contributed by atoms with E-state index >= 15 is 0 Å². The summed E-state index contributed by atoms with van der Waals surface area (Å²) in [7, 11) is 1.60. The van der Waals surface area contributed by atoms with E-state index in [0.717, 1.165) is 22.6 Å². The van der Waals surface area contributed by atoms with Gasteiger partial charge in [-0.3, -0.25) is 4.79 Å². The van der Waals surface area contributed by atoms with Crippen LogP contribution in [0.25, 0.3) is 0 Å². The van der Waals surface area contributed by atoms with Crippen LogP contribution in [0.4, 0.5) is 5.69 Å². The van der Waals surface area contributed by atoms with E-state index in [1.54, 1.807) is 31.4 Å². The summed E-state index contributed by atoms with van der Waals surface area (Å²) in [6.45, 7) is 0. The van der Waals surface area contributed by atoms with Crippen molar-refractivity contribution in [2.75, 3.05) is 12.4 Å². The molecule has 0 fully saturated rings. The highest BCUT2D eigenvalue weighted by atomic mass is 16.5. The number of hydrogen-bond acceptors (Lipinski definition) is 3. The molecule has 0 aromatic heterocycles. The molecule has 1 unspecified atom stereocenters. The SMILES string of the molecule is COc1ccc2c(c1)C(c1ccc(O)cc1)C(=O)N2. The van der Waals surface area contributed by atoms with Gasteiger partial charge < -0.3 is 15.2 Å². The molecule has 0 saturated carbocycles. The fraction of sp³-hybridized carbons (Fsp3) is 0.133. The van der Waals surface area contributed by atoms with Crippen molar-refractivity contribution in [1.29, 1.82) is 0 Å². The third-order valence-corrected chi connectivity index (χ3v) is 3.32. The molecule has 1 aliphatic rings. The number of methoxy groups -OCH3 is 1. The Hall–Kier alpha value is -2.49. The fourth-order valence-corrected chi connectivity index (χ4v) is 2.36. The molecule has 3 rings (SSSR count).